The van der Waals surface area contributed by atoms with Crippen molar-refractivity contribution in [1.82, 2.24) is 14.5 Å². The number of primary sulfonamides is 1. The van der Waals surface area contributed by atoms with Gasteiger partial charge in [0.05, 0.1) is 28.0 Å². The number of imidazole rings is 1. The van der Waals surface area contributed by atoms with Crippen LogP contribution in [0.1, 0.15) is 5.56 Å². The first-order chi connectivity index (χ1) is 12.8. The Morgan fingerprint density at radius 1 is 1.19 bits per heavy atom. The molecule has 2 aromatic carbocycles. The fourth-order valence-corrected chi connectivity index (χ4v) is 4.06. The second-order valence-corrected chi connectivity index (χ2v) is 8.66. The minimum atomic E-state index is -3.76. The molecule has 0 spiro atoms. The van der Waals surface area contributed by atoms with Crippen molar-refractivity contribution in [3.63, 3.8) is 0 Å². The summed E-state index contributed by atoms with van der Waals surface area (Å²) in [5.74, 6) is 0. The highest BCUT2D eigenvalue weighted by Gasteiger charge is 2.12. The lowest BCUT2D eigenvalue weighted by molar-refractivity contribution is 0.598. The van der Waals surface area contributed by atoms with Crippen molar-refractivity contribution in [2.75, 3.05) is 5.32 Å². The third kappa shape index (κ3) is 3.44. The summed E-state index contributed by atoms with van der Waals surface area (Å²) in [7, 11) is -1.80. The van der Waals surface area contributed by atoms with E-state index in [1.165, 1.54) is 23.5 Å². The van der Waals surface area contributed by atoms with Crippen molar-refractivity contribution in [2.45, 2.75) is 11.8 Å². The fourth-order valence-electron chi connectivity index (χ4n) is 2.79. The monoisotopic (exact) mass is 399 g/mol. The first-order valence-electron chi connectivity index (χ1n) is 8.09. The molecule has 0 fully saturated rings. The number of sulfonamides is 1. The molecule has 2 aromatic heterocycles. The van der Waals surface area contributed by atoms with Gasteiger partial charge in [-0.05, 0) is 36.8 Å². The third-order valence-electron chi connectivity index (χ3n) is 4.30. The van der Waals surface area contributed by atoms with E-state index in [1.807, 2.05) is 42.1 Å². The zero-order valence-corrected chi connectivity index (χ0v) is 16.3. The summed E-state index contributed by atoms with van der Waals surface area (Å²) in [4.78, 5) is 9.05. The van der Waals surface area contributed by atoms with E-state index in [2.05, 4.69) is 15.3 Å². The molecule has 0 saturated carbocycles. The van der Waals surface area contributed by atoms with Gasteiger partial charge >= 0.3 is 0 Å². The number of rotatable bonds is 4. The Morgan fingerprint density at radius 2 is 2.00 bits per heavy atom. The van der Waals surface area contributed by atoms with Gasteiger partial charge in [-0.15, -0.1) is 11.3 Å². The first-order valence-corrected chi connectivity index (χ1v) is 10.5. The number of anilines is 2. The lowest BCUT2D eigenvalue weighted by Gasteiger charge is -2.08. The van der Waals surface area contributed by atoms with E-state index < -0.39 is 10.0 Å². The fraction of sp³-hybridized carbons (Fsp3) is 0.111. The highest BCUT2D eigenvalue weighted by molar-refractivity contribution is 7.89. The van der Waals surface area contributed by atoms with Crippen LogP contribution in [0.5, 0.6) is 0 Å². The van der Waals surface area contributed by atoms with E-state index >= 15 is 0 Å². The summed E-state index contributed by atoms with van der Waals surface area (Å²) < 4.78 is 25.1. The number of hydrogen-bond donors (Lipinski definition) is 2. The second kappa shape index (κ2) is 6.45. The molecule has 0 aliphatic heterocycles. The standard InChI is InChI=1S/C18H17N5O2S2/c1-11-3-5-13(27(19,24)25)8-14(11)21-18-22-16(9-26-18)12-4-6-17-15(7-12)20-10-23(17)2/h3-10H,1-2H3,(H,21,22)(H2,19,24,25). The second-order valence-electron chi connectivity index (χ2n) is 6.24. The summed E-state index contributed by atoms with van der Waals surface area (Å²) in [5, 5.41) is 11.0. The van der Waals surface area contributed by atoms with E-state index in [0.717, 1.165) is 27.9 Å². The molecule has 7 nitrogen and oxygen atoms in total. The minimum Gasteiger partial charge on any atom is -0.334 e. The van der Waals surface area contributed by atoms with Crippen LogP contribution in [0.4, 0.5) is 10.8 Å². The number of hydrogen-bond acceptors (Lipinski definition) is 6. The van der Waals surface area contributed by atoms with Gasteiger partial charge in [-0.3, -0.25) is 0 Å². The quantitative estimate of drug-likeness (QED) is 0.547. The van der Waals surface area contributed by atoms with Crippen LogP contribution < -0.4 is 10.5 Å². The van der Waals surface area contributed by atoms with Gasteiger partial charge in [0.1, 0.15) is 0 Å². The van der Waals surface area contributed by atoms with Crippen LogP contribution in [0.15, 0.2) is 53.0 Å². The maximum Gasteiger partial charge on any atom is 0.238 e. The van der Waals surface area contributed by atoms with E-state index in [1.54, 1.807) is 12.4 Å². The molecule has 2 heterocycles. The average molecular weight is 400 g/mol. The Labute approximate surface area is 160 Å². The Kier molecular flexibility index (Phi) is 4.22. The van der Waals surface area contributed by atoms with E-state index in [4.69, 9.17) is 5.14 Å². The first kappa shape index (κ1) is 17.7. The van der Waals surface area contributed by atoms with Crippen LogP contribution in [0.3, 0.4) is 0 Å². The average Bonchev–Trinajstić information content (AvgIpc) is 3.23. The van der Waals surface area contributed by atoms with Crippen molar-refractivity contribution in [1.29, 1.82) is 0 Å². The number of aryl methyl sites for hydroxylation is 2. The Morgan fingerprint density at radius 3 is 2.78 bits per heavy atom. The summed E-state index contributed by atoms with van der Waals surface area (Å²) in [6, 6.07) is 10.8. The number of benzene rings is 2. The van der Waals surface area contributed by atoms with Gasteiger partial charge in [-0.25, -0.2) is 23.5 Å². The highest BCUT2D eigenvalue weighted by atomic mass is 32.2. The normalized spacial score (nSPS) is 11.8. The molecular formula is C18H17N5O2S2. The summed E-state index contributed by atoms with van der Waals surface area (Å²) in [6.07, 6.45) is 1.78. The smallest absolute Gasteiger partial charge is 0.238 e. The molecule has 0 radical (unpaired) electrons. The number of nitrogens with zero attached hydrogens (tertiary/aromatic N) is 3. The van der Waals surface area contributed by atoms with Crippen LogP contribution in [0.2, 0.25) is 0 Å². The molecule has 138 valence electrons. The number of thiazole rings is 1. The summed E-state index contributed by atoms with van der Waals surface area (Å²) in [6.45, 7) is 1.89. The van der Waals surface area contributed by atoms with Gasteiger partial charge in [0.15, 0.2) is 5.13 Å². The molecule has 3 N–H and O–H groups in total. The SMILES string of the molecule is Cc1ccc(S(N)(=O)=O)cc1Nc1nc(-c2ccc3c(c2)ncn3C)cs1. The largest absolute Gasteiger partial charge is 0.334 e. The van der Waals surface area contributed by atoms with Crippen LogP contribution in [-0.4, -0.2) is 23.0 Å². The molecule has 4 rings (SSSR count). The Bertz CT molecular complexity index is 1260. The number of aromatic nitrogens is 3. The number of nitrogens with one attached hydrogen (secondary N) is 1. The van der Waals surface area contributed by atoms with Crippen molar-refractivity contribution in [2.24, 2.45) is 12.2 Å². The molecule has 0 bridgehead atoms. The molecule has 0 aliphatic carbocycles. The minimum absolute atomic E-state index is 0.0629. The maximum absolute atomic E-state index is 11.6. The molecule has 0 saturated heterocycles. The van der Waals surface area contributed by atoms with Crippen LogP contribution in [0, 0.1) is 6.92 Å². The lowest BCUT2D eigenvalue weighted by atomic mass is 10.1. The molecule has 4 aromatic rings. The van der Waals surface area contributed by atoms with E-state index in [-0.39, 0.29) is 4.90 Å². The third-order valence-corrected chi connectivity index (χ3v) is 5.97. The van der Waals surface area contributed by atoms with Crippen LogP contribution in [-0.2, 0) is 17.1 Å². The molecule has 0 unspecified atom stereocenters. The zero-order valence-electron chi connectivity index (χ0n) is 14.7. The predicted octanol–water partition coefficient (Wildman–Crippen LogP) is 3.40. The topological polar surface area (TPSA) is 103 Å². The van der Waals surface area contributed by atoms with E-state index in [9.17, 15) is 8.42 Å². The van der Waals surface area contributed by atoms with Crippen molar-refractivity contribution < 1.29 is 8.42 Å². The molecule has 9 heteroatoms. The Hall–Kier alpha value is -2.75. The van der Waals surface area contributed by atoms with Crippen molar-refractivity contribution in [3.05, 3.63) is 53.7 Å². The van der Waals surface area contributed by atoms with Gasteiger partial charge in [-0.2, -0.15) is 0 Å². The van der Waals surface area contributed by atoms with Gasteiger partial charge < -0.3 is 9.88 Å². The van der Waals surface area contributed by atoms with Gasteiger partial charge in [0.25, 0.3) is 0 Å². The van der Waals surface area contributed by atoms with Gasteiger partial charge in [-0.1, -0.05) is 12.1 Å². The van der Waals surface area contributed by atoms with Gasteiger partial charge in [0, 0.05) is 23.7 Å². The van der Waals surface area contributed by atoms with Crippen LogP contribution in [0.25, 0.3) is 22.3 Å². The lowest BCUT2D eigenvalue weighted by Crippen LogP contribution is -2.12. The molecular weight excluding hydrogens is 382 g/mol. The molecule has 27 heavy (non-hydrogen) atoms. The van der Waals surface area contributed by atoms with Crippen molar-refractivity contribution in [3.8, 4) is 11.3 Å². The number of nitrogens with two attached hydrogens (primary N) is 1. The van der Waals surface area contributed by atoms with Gasteiger partial charge in [0.2, 0.25) is 10.0 Å². The highest BCUT2D eigenvalue weighted by Crippen LogP contribution is 2.30. The predicted molar refractivity (Wildman–Crippen MR) is 108 cm³/mol. The van der Waals surface area contributed by atoms with E-state index in [0.29, 0.717) is 10.8 Å². The Balaban J connectivity index is 1.65. The summed E-state index contributed by atoms with van der Waals surface area (Å²) in [5.41, 5.74) is 5.32. The summed E-state index contributed by atoms with van der Waals surface area (Å²) >= 11 is 1.44. The van der Waals surface area contributed by atoms with Crippen molar-refractivity contribution >= 4 is 43.2 Å². The molecule has 0 atom stereocenters. The molecule has 0 amide bonds. The number of fused-ring (bicyclic) bond motifs is 1. The molecule has 0 aliphatic rings. The van der Waals surface area contributed by atoms with Crippen LogP contribution >= 0.6 is 11.3 Å². The maximum atomic E-state index is 11.6. The zero-order chi connectivity index (χ0) is 19.2.